The van der Waals surface area contributed by atoms with Gasteiger partial charge in [-0.2, -0.15) is 0 Å². The predicted octanol–water partition coefficient (Wildman–Crippen LogP) is 2.54. The summed E-state index contributed by atoms with van der Waals surface area (Å²) >= 11 is 0. The molecular formula is C15H21FN2. The van der Waals surface area contributed by atoms with Crippen molar-refractivity contribution in [1.29, 1.82) is 0 Å². The first-order chi connectivity index (χ1) is 8.83. The summed E-state index contributed by atoms with van der Waals surface area (Å²) in [6.45, 7) is 3.15. The third kappa shape index (κ3) is 2.57. The average Bonchev–Trinajstić information content (AvgIpc) is 2.85. The van der Waals surface area contributed by atoms with Gasteiger partial charge in [-0.1, -0.05) is 18.2 Å². The first-order valence-electron chi connectivity index (χ1n) is 7.04. The summed E-state index contributed by atoms with van der Waals surface area (Å²) in [5.41, 5.74) is 0.784. The molecule has 2 atom stereocenters. The monoisotopic (exact) mass is 248 g/mol. The molecule has 2 aliphatic heterocycles. The maximum atomic E-state index is 13.5. The molecule has 0 spiro atoms. The van der Waals surface area contributed by atoms with Crippen molar-refractivity contribution < 1.29 is 4.39 Å². The quantitative estimate of drug-likeness (QED) is 0.884. The Kier molecular flexibility index (Phi) is 3.62. The van der Waals surface area contributed by atoms with E-state index in [1.807, 2.05) is 12.1 Å². The van der Waals surface area contributed by atoms with Crippen molar-refractivity contribution in [1.82, 2.24) is 10.2 Å². The highest BCUT2D eigenvalue weighted by Crippen LogP contribution is 2.26. The molecule has 2 saturated heterocycles. The van der Waals surface area contributed by atoms with E-state index in [0.717, 1.165) is 11.6 Å². The van der Waals surface area contributed by atoms with Crippen LogP contribution in [0, 0.1) is 5.82 Å². The molecule has 3 heteroatoms. The minimum atomic E-state index is -0.0942. The fourth-order valence-electron chi connectivity index (χ4n) is 3.31. The Hall–Kier alpha value is -0.930. The van der Waals surface area contributed by atoms with E-state index in [1.165, 1.54) is 44.8 Å². The smallest absolute Gasteiger partial charge is 0.127 e. The van der Waals surface area contributed by atoms with Gasteiger partial charge in [-0.25, -0.2) is 4.39 Å². The van der Waals surface area contributed by atoms with Gasteiger partial charge < -0.3 is 10.2 Å². The van der Waals surface area contributed by atoms with Crippen molar-refractivity contribution in [2.45, 2.75) is 44.3 Å². The molecule has 0 bridgehead atoms. The minimum Gasteiger partial charge on any atom is -0.310 e. The van der Waals surface area contributed by atoms with Gasteiger partial charge in [0.25, 0.3) is 0 Å². The van der Waals surface area contributed by atoms with Gasteiger partial charge >= 0.3 is 0 Å². The molecular weight excluding hydrogens is 227 g/mol. The van der Waals surface area contributed by atoms with Crippen LogP contribution in [0.25, 0.3) is 0 Å². The lowest BCUT2D eigenvalue weighted by molar-refractivity contribution is 0.166. The molecule has 0 saturated carbocycles. The minimum absolute atomic E-state index is 0.0942. The standard InChI is InChI=1S/C15H21FN2/c16-15-6-2-1-4-12(15)11-17-13-7-9-18-8-3-5-14(18)10-13/h1-2,4,6,13-14,17H,3,5,7-11H2. The molecule has 2 aliphatic rings. The van der Waals surface area contributed by atoms with Crippen LogP contribution < -0.4 is 5.32 Å². The summed E-state index contributed by atoms with van der Waals surface area (Å²) in [5.74, 6) is -0.0942. The van der Waals surface area contributed by atoms with Gasteiger partial charge in [-0.3, -0.25) is 0 Å². The SMILES string of the molecule is Fc1ccccc1CNC1CCN2CCCC2C1. The number of rotatable bonds is 3. The van der Waals surface area contributed by atoms with Gasteiger partial charge in [-0.15, -0.1) is 0 Å². The summed E-state index contributed by atoms with van der Waals surface area (Å²) in [6.07, 6.45) is 5.13. The molecule has 2 heterocycles. The second-order valence-electron chi connectivity index (χ2n) is 5.53. The summed E-state index contributed by atoms with van der Waals surface area (Å²) in [4.78, 5) is 2.61. The molecule has 2 fully saturated rings. The lowest BCUT2D eigenvalue weighted by atomic mass is 9.97. The Morgan fingerprint density at radius 1 is 1.22 bits per heavy atom. The van der Waals surface area contributed by atoms with Crippen LogP contribution in [-0.2, 0) is 6.54 Å². The molecule has 18 heavy (non-hydrogen) atoms. The van der Waals surface area contributed by atoms with Crippen molar-refractivity contribution >= 4 is 0 Å². The van der Waals surface area contributed by atoms with Crippen LogP contribution in [-0.4, -0.2) is 30.1 Å². The van der Waals surface area contributed by atoms with E-state index >= 15 is 0 Å². The van der Waals surface area contributed by atoms with Crippen LogP contribution in [0.15, 0.2) is 24.3 Å². The first kappa shape index (κ1) is 12.1. The second-order valence-corrected chi connectivity index (χ2v) is 5.53. The number of benzene rings is 1. The highest BCUT2D eigenvalue weighted by Gasteiger charge is 2.31. The third-order valence-electron chi connectivity index (χ3n) is 4.36. The van der Waals surface area contributed by atoms with Gasteiger partial charge in [0, 0.05) is 24.2 Å². The first-order valence-corrected chi connectivity index (χ1v) is 7.04. The lowest BCUT2D eigenvalue weighted by Crippen LogP contribution is -2.45. The summed E-state index contributed by atoms with van der Waals surface area (Å²) < 4.78 is 13.5. The number of fused-ring (bicyclic) bond motifs is 1. The number of halogens is 1. The predicted molar refractivity (Wildman–Crippen MR) is 70.9 cm³/mol. The summed E-state index contributed by atoms with van der Waals surface area (Å²) in [6, 6.07) is 8.39. The van der Waals surface area contributed by atoms with Gasteiger partial charge in [0.15, 0.2) is 0 Å². The highest BCUT2D eigenvalue weighted by atomic mass is 19.1. The molecule has 2 unspecified atom stereocenters. The van der Waals surface area contributed by atoms with Crippen LogP contribution in [0.2, 0.25) is 0 Å². The van der Waals surface area contributed by atoms with Crippen molar-refractivity contribution in [3.8, 4) is 0 Å². The van der Waals surface area contributed by atoms with Crippen molar-refractivity contribution in [3.63, 3.8) is 0 Å². The van der Waals surface area contributed by atoms with Crippen LogP contribution in [0.3, 0.4) is 0 Å². The molecule has 0 radical (unpaired) electrons. The fraction of sp³-hybridized carbons (Fsp3) is 0.600. The van der Waals surface area contributed by atoms with Crippen molar-refractivity contribution in [3.05, 3.63) is 35.6 Å². The molecule has 0 amide bonds. The van der Waals surface area contributed by atoms with Crippen LogP contribution in [0.5, 0.6) is 0 Å². The van der Waals surface area contributed by atoms with Crippen LogP contribution in [0.1, 0.15) is 31.2 Å². The molecule has 1 aromatic carbocycles. The van der Waals surface area contributed by atoms with Crippen LogP contribution >= 0.6 is 0 Å². The lowest BCUT2D eigenvalue weighted by Gasteiger charge is -2.35. The summed E-state index contributed by atoms with van der Waals surface area (Å²) in [7, 11) is 0. The van der Waals surface area contributed by atoms with E-state index in [2.05, 4.69) is 10.2 Å². The van der Waals surface area contributed by atoms with E-state index in [0.29, 0.717) is 12.6 Å². The van der Waals surface area contributed by atoms with Gasteiger partial charge in [0.05, 0.1) is 0 Å². The zero-order valence-electron chi connectivity index (χ0n) is 10.7. The Balaban J connectivity index is 1.53. The number of nitrogens with zero attached hydrogens (tertiary/aromatic N) is 1. The number of hydrogen-bond acceptors (Lipinski definition) is 2. The molecule has 2 nitrogen and oxygen atoms in total. The zero-order chi connectivity index (χ0) is 12.4. The second kappa shape index (κ2) is 5.37. The van der Waals surface area contributed by atoms with Gasteiger partial charge in [0.2, 0.25) is 0 Å². The van der Waals surface area contributed by atoms with E-state index in [-0.39, 0.29) is 5.82 Å². The van der Waals surface area contributed by atoms with Crippen molar-refractivity contribution in [2.24, 2.45) is 0 Å². The number of nitrogens with one attached hydrogen (secondary N) is 1. The topological polar surface area (TPSA) is 15.3 Å². The van der Waals surface area contributed by atoms with Gasteiger partial charge in [-0.05, 0) is 44.8 Å². The average molecular weight is 248 g/mol. The van der Waals surface area contributed by atoms with E-state index in [9.17, 15) is 4.39 Å². The van der Waals surface area contributed by atoms with Gasteiger partial charge in [0.1, 0.15) is 5.82 Å². The van der Waals surface area contributed by atoms with Crippen LogP contribution in [0.4, 0.5) is 4.39 Å². The van der Waals surface area contributed by atoms with E-state index in [4.69, 9.17) is 0 Å². The number of piperidine rings is 1. The summed E-state index contributed by atoms with van der Waals surface area (Å²) in [5, 5.41) is 3.52. The fourth-order valence-corrected chi connectivity index (χ4v) is 3.31. The van der Waals surface area contributed by atoms with Crippen molar-refractivity contribution in [2.75, 3.05) is 13.1 Å². The molecule has 0 aliphatic carbocycles. The maximum Gasteiger partial charge on any atom is 0.127 e. The number of hydrogen-bond donors (Lipinski definition) is 1. The Bertz CT molecular complexity index is 407. The molecule has 0 aromatic heterocycles. The third-order valence-corrected chi connectivity index (χ3v) is 4.36. The Labute approximate surface area is 108 Å². The molecule has 1 N–H and O–H groups in total. The zero-order valence-corrected chi connectivity index (χ0v) is 10.7. The van der Waals surface area contributed by atoms with E-state index < -0.39 is 0 Å². The Morgan fingerprint density at radius 3 is 3.00 bits per heavy atom. The Morgan fingerprint density at radius 2 is 2.11 bits per heavy atom. The van der Waals surface area contributed by atoms with E-state index in [1.54, 1.807) is 6.07 Å². The highest BCUT2D eigenvalue weighted by molar-refractivity contribution is 5.17. The maximum absolute atomic E-state index is 13.5. The largest absolute Gasteiger partial charge is 0.310 e. The molecule has 98 valence electrons. The molecule has 3 rings (SSSR count). The molecule has 1 aromatic rings. The normalized spacial score (nSPS) is 28.3.